The van der Waals surface area contributed by atoms with Crippen LogP contribution in [0.25, 0.3) is 10.9 Å². The van der Waals surface area contributed by atoms with Crippen LogP contribution < -0.4 is 0 Å². The van der Waals surface area contributed by atoms with Gasteiger partial charge in [0.2, 0.25) is 0 Å². The van der Waals surface area contributed by atoms with Crippen LogP contribution in [0.5, 0.6) is 0 Å². The minimum atomic E-state index is 0.0231. The quantitative estimate of drug-likeness (QED) is 0.735. The van der Waals surface area contributed by atoms with Crippen LogP contribution in [-0.2, 0) is 20.2 Å². The average Bonchev–Trinajstić information content (AvgIpc) is 2.97. The zero-order chi connectivity index (χ0) is 12.5. The molecule has 92 valence electrons. The van der Waals surface area contributed by atoms with Gasteiger partial charge in [0.05, 0.1) is 25.7 Å². The Balaban J connectivity index is 2.06. The molecule has 0 radical (unpaired) electrons. The van der Waals surface area contributed by atoms with Crippen molar-refractivity contribution in [3.63, 3.8) is 0 Å². The molecule has 0 bridgehead atoms. The van der Waals surface area contributed by atoms with Gasteiger partial charge in [-0.15, -0.1) is 10.2 Å². The second-order valence-corrected chi connectivity index (χ2v) is 4.15. The first kappa shape index (κ1) is 10.9. The van der Waals surface area contributed by atoms with E-state index in [0.29, 0.717) is 12.4 Å². The molecule has 2 heterocycles. The number of fused-ring (bicyclic) bond motifs is 1. The first-order valence-corrected chi connectivity index (χ1v) is 5.68. The Morgan fingerprint density at radius 1 is 1.28 bits per heavy atom. The van der Waals surface area contributed by atoms with Crippen molar-refractivity contribution in [2.75, 3.05) is 0 Å². The van der Waals surface area contributed by atoms with Crippen LogP contribution in [-0.4, -0.2) is 29.9 Å². The molecule has 0 fully saturated rings. The van der Waals surface area contributed by atoms with E-state index < -0.39 is 0 Å². The molecule has 0 aliphatic heterocycles. The van der Waals surface area contributed by atoms with Crippen molar-refractivity contribution < 1.29 is 5.11 Å². The fourth-order valence-electron chi connectivity index (χ4n) is 2.14. The van der Waals surface area contributed by atoms with E-state index in [0.717, 1.165) is 16.5 Å². The summed E-state index contributed by atoms with van der Waals surface area (Å²) < 4.78 is 2.03. The summed E-state index contributed by atoms with van der Waals surface area (Å²) in [5, 5.41) is 22.4. The van der Waals surface area contributed by atoms with Crippen molar-refractivity contribution in [2.45, 2.75) is 13.2 Å². The Kier molecular flexibility index (Phi) is 2.56. The molecule has 18 heavy (non-hydrogen) atoms. The van der Waals surface area contributed by atoms with E-state index >= 15 is 0 Å². The highest BCUT2D eigenvalue weighted by atomic mass is 16.3. The highest BCUT2D eigenvalue weighted by molar-refractivity contribution is 5.83. The van der Waals surface area contributed by atoms with Crippen molar-refractivity contribution in [3.8, 4) is 0 Å². The molecule has 3 aromatic rings. The Morgan fingerprint density at radius 2 is 2.17 bits per heavy atom. The number of aromatic nitrogens is 5. The molecular formula is C12H13N5O. The van der Waals surface area contributed by atoms with Crippen LogP contribution in [0.15, 0.2) is 30.5 Å². The Morgan fingerprint density at radius 3 is 2.89 bits per heavy atom. The van der Waals surface area contributed by atoms with Gasteiger partial charge in [-0.25, -0.2) is 0 Å². The number of aryl methyl sites for hydroxylation is 1. The Bertz CT molecular complexity index is 685. The van der Waals surface area contributed by atoms with Gasteiger partial charge in [-0.2, -0.15) is 4.80 Å². The lowest BCUT2D eigenvalue weighted by molar-refractivity contribution is 0.283. The Hall–Kier alpha value is -2.21. The molecule has 0 saturated carbocycles. The molecule has 1 aromatic carbocycles. The Labute approximate surface area is 103 Å². The van der Waals surface area contributed by atoms with Gasteiger partial charge in [0, 0.05) is 11.8 Å². The van der Waals surface area contributed by atoms with E-state index in [9.17, 15) is 5.11 Å². The van der Waals surface area contributed by atoms with Gasteiger partial charge in [-0.05, 0) is 16.7 Å². The minimum Gasteiger partial charge on any atom is -0.392 e. The number of para-hydroxylation sites is 1. The number of hydrogen-bond donors (Lipinski definition) is 1. The molecule has 0 saturated heterocycles. The molecule has 6 nitrogen and oxygen atoms in total. The molecular weight excluding hydrogens is 230 g/mol. The highest BCUT2D eigenvalue weighted by Gasteiger charge is 2.08. The summed E-state index contributed by atoms with van der Waals surface area (Å²) >= 11 is 0. The van der Waals surface area contributed by atoms with Crippen LogP contribution in [0.1, 0.15) is 11.4 Å². The van der Waals surface area contributed by atoms with E-state index in [1.165, 1.54) is 4.80 Å². The van der Waals surface area contributed by atoms with Gasteiger partial charge < -0.3 is 9.67 Å². The summed E-state index contributed by atoms with van der Waals surface area (Å²) in [6, 6.07) is 7.90. The lowest BCUT2D eigenvalue weighted by Crippen LogP contribution is -2.02. The smallest absolute Gasteiger partial charge is 0.194 e. The number of aliphatic hydroxyl groups is 1. The highest BCUT2D eigenvalue weighted by Crippen LogP contribution is 2.20. The first-order valence-electron chi connectivity index (χ1n) is 5.68. The lowest BCUT2D eigenvalue weighted by atomic mass is 10.1. The van der Waals surface area contributed by atoms with Crippen LogP contribution >= 0.6 is 0 Å². The second kappa shape index (κ2) is 4.23. The normalized spacial score (nSPS) is 11.2. The predicted octanol–water partition coefficient (Wildman–Crippen LogP) is 0.705. The largest absolute Gasteiger partial charge is 0.392 e. The molecule has 0 amide bonds. The standard InChI is InChI=1S/C12H13N5O/c1-16-14-11(13-15-16)7-17-6-5-9-3-2-4-10(8-18)12(9)17/h2-6,18H,7-8H2,1H3. The van der Waals surface area contributed by atoms with Gasteiger partial charge in [-0.1, -0.05) is 18.2 Å². The van der Waals surface area contributed by atoms with Gasteiger partial charge in [-0.3, -0.25) is 0 Å². The summed E-state index contributed by atoms with van der Waals surface area (Å²) in [6.45, 7) is 0.573. The molecule has 0 spiro atoms. The summed E-state index contributed by atoms with van der Waals surface area (Å²) in [5.74, 6) is 0.655. The molecule has 1 N–H and O–H groups in total. The maximum absolute atomic E-state index is 9.39. The molecule has 0 atom stereocenters. The van der Waals surface area contributed by atoms with E-state index in [1.807, 2.05) is 35.0 Å². The zero-order valence-electron chi connectivity index (χ0n) is 9.98. The molecule has 0 aliphatic rings. The molecule has 0 aliphatic carbocycles. The third-order valence-corrected chi connectivity index (χ3v) is 2.90. The van der Waals surface area contributed by atoms with E-state index in [4.69, 9.17) is 0 Å². The molecule has 3 rings (SSSR count). The van der Waals surface area contributed by atoms with Gasteiger partial charge >= 0.3 is 0 Å². The van der Waals surface area contributed by atoms with E-state index in [-0.39, 0.29) is 6.61 Å². The maximum atomic E-state index is 9.39. The van der Waals surface area contributed by atoms with Gasteiger partial charge in [0.25, 0.3) is 0 Å². The number of rotatable bonds is 3. The van der Waals surface area contributed by atoms with E-state index in [1.54, 1.807) is 7.05 Å². The van der Waals surface area contributed by atoms with Crippen LogP contribution in [0, 0.1) is 0 Å². The molecule has 6 heteroatoms. The van der Waals surface area contributed by atoms with Crippen molar-refractivity contribution in [1.82, 2.24) is 24.8 Å². The number of nitrogens with zero attached hydrogens (tertiary/aromatic N) is 5. The number of hydrogen-bond acceptors (Lipinski definition) is 4. The third-order valence-electron chi connectivity index (χ3n) is 2.90. The SMILES string of the molecule is Cn1nnc(Cn2ccc3cccc(CO)c32)n1. The maximum Gasteiger partial charge on any atom is 0.194 e. The van der Waals surface area contributed by atoms with Crippen LogP contribution in [0.2, 0.25) is 0 Å². The van der Waals surface area contributed by atoms with Gasteiger partial charge in [0.1, 0.15) is 0 Å². The van der Waals surface area contributed by atoms with Crippen molar-refractivity contribution >= 4 is 10.9 Å². The fourth-order valence-corrected chi connectivity index (χ4v) is 2.14. The predicted molar refractivity (Wildman–Crippen MR) is 65.8 cm³/mol. The molecule has 0 unspecified atom stereocenters. The molecule has 2 aromatic heterocycles. The number of aliphatic hydroxyl groups excluding tert-OH is 1. The van der Waals surface area contributed by atoms with Crippen LogP contribution in [0.4, 0.5) is 0 Å². The lowest BCUT2D eigenvalue weighted by Gasteiger charge is -2.05. The summed E-state index contributed by atoms with van der Waals surface area (Å²) in [4.78, 5) is 1.44. The zero-order valence-corrected chi connectivity index (χ0v) is 9.98. The third kappa shape index (κ3) is 1.76. The number of tetrazole rings is 1. The van der Waals surface area contributed by atoms with Crippen molar-refractivity contribution in [3.05, 3.63) is 41.9 Å². The van der Waals surface area contributed by atoms with Gasteiger partial charge in [0.15, 0.2) is 5.82 Å². The first-order chi connectivity index (χ1) is 8.78. The van der Waals surface area contributed by atoms with E-state index in [2.05, 4.69) is 15.4 Å². The number of benzene rings is 1. The monoisotopic (exact) mass is 243 g/mol. The second-order valence-electron chi connectivity index (χ2n) is 4.15. The minimum absolute atomic E-state index is 0.0231. The van der Waals surface area contributed by atoms with Crippen molar-refractivity contribution in [1.29, 1.82) is 0 Å². The summed E-state index contributed by atoms with van der Waals surface area (Å²) in [5.41, 5.74) is 1.92. The summed E-state index contributed by atoms with van der Waals surface area (Å²) in [6.07, 6.45) is 1.97. The average molecular weight is 243 g/mol. The fraction of sp³-hybridized carbons (Fsp3) is 0.250. The van der Waals surface area contributed by atoms with Crippen molar-refractivity contribution in [2.24, 2.45) is 7.05 Å². The van der Waals surface area contributed by atoms with Crippen LogP contribution in [0.3, 0.4) is 0 Å². The summed E-state index contributed by atoms with van der Waals surface area (Å²) in [7, 11) is 1.74. The topological polar surface area (TPSA) is 68.8 Å².